The average molecular weight is 169 g/mol. The van der Waals surface area contributed by atoms with Crippen LogP contribution in [0, 0.1) is 5.92 Å². The molecule has 0 aromatic heterocycles. The predicted octanol–water partition coefficient (Wildman–Crippen LogP) is 0.450. The smallest absolute Gasteiger partial charge is 0.220 e. The first kappa shape index (κ1) is 9.26. The van der Waals surface area contributed by atoms with Crippen LogP contribution in [0.5, 0.6) is 0 Å². The fourth-order valence-electron chi connectivity index (χ4n) is 1.33. The van der Waals surface area contributed by atoms with E-state index in [0.29, 0.717) is 6.42 Å². The molecule has 0 spiro atoms. The molecule has 68 valence electrons. The first-order chi connectivity index (χ1) is 5.76. The Labute approximate surface area is 72.5 Å². The maximum atomic E-state index is 11.0. The summed E-state index contributed by atoms with van der Waals surface area (Å²) in [4.78, 5) is 11.0. The second-order valence-corrected chi connectivity index (χ2v) is 3.09. The number of carbonyl (C=O) groups is 1. The fourth-order valence-corrected chi connectivity index (χ4v) is 1.33. The molecule has 1 aliphatic rings. The lowest BCUT2D eigenvalue weighted by molar-refractivity contribution is -0.121. The van der Waals surface area contributed by atoms with Gasteiger partial charge in [0.15, 0.2) is 0 Å². The lowest BCUT2D eigenvalue weighted by Gasteiger charge is -2.11. The van der Waals surface area contributed by atoms with Gasteiger partial charge in [0.25, 0.3) is 0 Å². The van der Waals surface area contributed by atoms with E-state index in [1.807, 2.05) is 19.1 Å². The van der Waals surface area contributed by atoms with Gasteiger partial charge in [-0.15, -0.1) is 0 Å². The maximum absolute atomic E-state index is 11.0. The second-order valence-electron chi connectivity index (χ2n) is 3.09. The molecule has 3 nitrogen and oxygen atoms in total. The van der Waals surface area contributed by atoms with Crippen LogP contribution in [0.25, 0.3) is 0 Å². The van der Waals surface area contributed by atoms with E-state index in [2.05, 4.69) is 5.32 Å². The Bertz CT molecular complexity index is 189. The highest BCUT2D eigenvalue weighted by atomic mass is 16.3. The van der Waals surface area contributed by atoms with Crippen molar-refractivity contribution in [1.82, 2.24) is 5.32 Å². The molecule has 0 saturated carbocycles. The summed E-state index contributed by atoms with van der Waals surface area (Å²) >= 11 is 0. The third-order valence-electron chi connectivity index (χ3n) is 2.07. The van der Waals surface area contributed by atoms with Crippen LogP contribution in [-0.2, 0) is 4.79 Å². The predicted molar refractivity (Wildman–Crippen MR) is 46.6 cm³/mol. The second kappa shape index (κ2) is 4.26. The van der Waals surface area contributed by atoms with E-state index in [9.17, 15) is 4.79 Å². The summed E-state index contributed by atoms with van der Waals surface area (Å²) in [5.41, 5.74) is 0. The molecule has 0 bridgehead atoms. The average Bonchev–Trinajstić information content (AvgIpc) is 2.52. The van der Waals surface area contributed by atoms with Gasteiger partial charge in [-0.25, -0.2) is 0 Å². The first-order valence-corrected chi connectivity index (χ1v) is 4.34. The summed E-state index contributed by atoms with van der Waals surface area (Å²) in [6.45, 7) is 2.01. The normalized spacial score (nSPS) is 27.5. The monoisotopic (exact) mass is 169 g/mol. The molecule has 2 N–H and O–H groups in total. The van der Waals surface area contributed by atoms with Crippen molar-refractivity contribution in [2.75, 3.05) is 6.61 Å². The Balaban J connectivity index is 2.29. The topological polar surface area (TPSA) is 49.3 Å². The molecule has 1 aliphatic carbocycles. The number of hydrogen-bond acceptors (Lipinski definition) is 2. The third kappa shape index (κ3) is 2.34. The lowest BCUT2D eigenvalue weighted by atomic mass is 10.1. The van der Waals surface area contributed by atoms with Crippen molar-refractivity contribution < 1.29 is 9.90 Å². The van der Waals surface area contributed by atoms with Gasteiger partial charge in [0.2, 0.25) is 5.91 Å². The Morgan fingerprint density at radius 3 is 2.92 bits per heavy atom. The van der Waals surface area contributed by atoms with Crippen LogP contribution in [0.3, 0.4) is 0 Å². The number of nitrogens with one attached hydrogen (secondary N) is 1. The number of hydrogen-bond donors (Lipinski definition) is 2. The third-order valence-corrected chi connectivity index (χ3v) is 2.07. The highest BCUT2D eigenvalue weighted by Gasteiger charge is 2.18. The fraction of sp³-hybridized carbons (Fsp3) is 0.667. The molecule has 0 aliphatic heterocycles. The summed E-state index contributed by atoms with van der Waals surface area (Å²) in [5, 5.41) is 11.7. The molecular formula is C9H15NO2. The highest BCUT2D eigenvalue weighted by Crippen LogP contribution is 2.16. The molecule has 1 rings (SSSR count). The van der Waals surface area contributed by atoms with Gasteiger partial charge in [-0.05, 0) is 6.42 Å². The minimum Gasteiger partial charge on any atom is -0.396 e. The van der Waals surface area contributed by atoms with Crippen molar-refractivity contribution in [1.29, 1.82) is 0 Å². The summed E-state index contributed by atoms with van der Waals surface area (Å²) < 4.78 is 0. The Morgan fingerprint density at radius 1 is 1.67 bits per heavy atom. The molecule has 0 radical (unpaired) electrons. The Hall–Kier alpha value is -0.830. The molecule has 3 heteroatoms. The van der Waals surface area contributed by atoms with Crippen molar-refractivity contribution in [3.63, 3.8) is 0 Å². The zero-order chi connectivity index (χ0) is 8.97. The van der Waals surface area contributed by atoms with E-state index in [-0.39, 0.29) is 24.5 Å². The standard InChI is InChI=1S/C9H15NO2/c1-2-9(12)10-8-4-3-7(5-8)6-11/h3-4,7-8,11H,2,5-6H2,1H3,(H,10,12). The summed E-state index contributed by atoms with van der Waals surface area (Å²) in [5.74, 6) is 0.301. The summed E-state index contributed by atoms with van der Waals surface area (Å²) in [6, 6.07) is 0.134. The summed E-state index contributed by atoms with van der Waals surface area (Å²) in [6.07, 6.45) is 5.27. The quantitative estimate of drug-likeness (QED) is 0.603. The summed E-state index contributed by atoms with van der Waals surface area (Å²) in [7, 11) is 0. The van der Waals surface area contributed by atoms with Crippen molar-refractivity contribution in [2.24, 2.45) is 5.92 Å². The largest absolute Gasteiger partial charge is 0.396 e. The van der Waals surface area contributed by atoms with Crippen molar-refractivity contribution >= 4 is 5.91 Å². The van der Waals surface area contributed by atoms with Crippen LogP contribution in [0.15, 0.2) is 12.2 Å². The van der Waals surface area contributed by atoms with Crippen LogP contribution >= 0.6 is 0 Å². The highest BCUT2D eigenvalue weighted by molar-refractivity contribution is 5.76. The van der Waals surface area contributed by atoms with E-state index >= 15 is 0 Å². The van der Waals surface area contributed by atoms with Crippen molar-refractivity contribution in [2.45, 2.75) is 25.8 Å². The van der Waals surface area contributed by atoms with Gasteiger partial charge in [0, 0.05) is 25.0 Å². The van der Waals surface area contributed by atoms with Crippen LogP contribution in [0.2, 0.25) is 0 Å². The number of aliphatic hydroxyl groups excluding tert-OH is 1. The van der Waals surface area contributed by atoms with Crippen LogP contribution in [-0.4, -0.2) is 23.7 Å². The van der Waals surface area contributed by atoms with Gasteiger partial charge in [0.1, 0.15) is 0 Å². The molecule has 0 fully saturated rings. The molecule has 0 heterocycles. The van der Waals surface area contributed by atoms with Gasteiger partial charge in [-0.2, -0.15) is 0 Å². The zero-order valence-corrected chi connectivity index (χ0v) is 7.29. The van der Waals surface area contributed by atoms with Crippen LogP contribution in [0.4, 0.5) is 0 Å². The van der Waals surface area contributed by atoms with E-state index in [1.54, 1.807) is 0 Å². The number of aliphatic hydroxyl groups is 1. The van der Waals surface area contributed by atoms with E-state index < -0.39 is 0 Å². The van der Waals surface area contributed by atoms with Crippen LogP contribution < -0.4 is 5.32 Å². The SMILES string of the molecule is CCC(=O)NC1C=CC(CO)C1. The number of rotatable bonds is 3. The maximum Gasteiger partial charge on any atom is 0.220 e. The molecule has 0 saturated heterocycles. The molecule has 2 unspecified atom stereocenters. The van der Waals surface area contributed by atoms with Gasteiger partial charge in [-0.1, -0.05) is 19.1 Å². The van der Waals surface area contributed by atoms with Gasteiger partial charge in [0.05, 0.1) is 0 Å². The first-order valence-electron chi connectivity index (χ1n) is 4.34. The molecule has 12 heavy (non-hydrogen) atoms. The van der Waals surface area contributed by atoms with E-state index in [0.717, 1.165) is 6.42 Å². The molecule has 0 aromatic rings. The zero-order valence-electron chi connectivity index (χ0n) is 7.29. The molecular weight excluding hydrogens is 154 g/mol. The van der Waals surface area contributed by atoms with Crippen molar-refractivity contribution in [3.05, 3.63) is 12.2 Å². The minimum absolute atomic E-state index is 0.0724. The molecule has 2 atom stereocenters. The van der Waals surface area contributed by atoms with Crippen LogP contribution in [0.1, 0.15) is 19.8 Å². The van der Waals surface area contributed by atoms with Crippen molar-refractivity contribution in [3.8, 4) is 0 Å². The number of amides is 1. The Kier molecular flexibility index (Phi) is 3.29. The van der Waals surface area contributed by atoms with E-state index in [4.69, 9.17) is 5.11 Å². The number of carbonyl (C=O) groups excluding carboxylic acids is 1. The van der Waals surface area contributed by atoms with Gasteiger partial charge in [-0.3, -0.25) is 4.79 Å². The Morgan fingerprint density at radius 2 is 2.42 bits per heavy atom. The minimum atomic E-state index is 0.0724. The van der Waals surface area contributed by atoms with Gasteiger partial charge >= 0.3 is 0 Å². The van der Waals surface area contributed by atoms with Gasteiger partial charge < -0.3 is 10.4 Å². The molecule has 1 amide bonds. The molecule has 0 aromatic carbocycles. The van der Waals surface area contributed by atoms with E-state index in [1.165, 1.54) is 0 Å². The lowest BCUT2D eigenvalue weighted by Crippen LogP contribution is -2.32.